The Morgan fingerprint density at radius 1 is 0.684 bits per heavy atom. The van der Waals surface area contributed by atoms with Crippen molar-refractivity contribution in [3.63, 3.8) is 0 Å². The van der Waals surface area contributed by atoms with Gasteiger partial charge in [-0.15, -0.1) is 19.6 Å². The molecule has 1 fully saturated rings. The zero-order valence-electron chi connectivity index (χ0n) is 24.4. The molecule has 2 unspecified atom stereocenters. The average molecular weight is 652 g/mol. The molecule has 8 N–H and O–H groups in total. The summed E-state index contributed by atoms with van der Waals surface area (Å²) in [6.45, 7) is 18.6. The smallest absolute Gasteiger partial charge is 0.687 e. The standard InChI is InChI=1S/C7H14N.C7H10N.4C3H8O2.2Cu/c2*1-6-3-7(2)5-8-4-6;4*1-2-3(4)5;;/h6-7H,3-5H2,1-2H3;3-4H,5H2,1-2H3;4*3-5H,2H2,1H3;;/q2*-1;;;;;2*+1. The van der Waals surface area contributed by atoms with E-state index in [1.165, 1.54) is 17.6 Å². The summed E-state index contributed by atoms with van der Waals surface area (Å²) in [6, 6.07) is 0. The predicted octanol–water partition coefficient (Wildman–Crippen LogP) is 3.08. The molecule has 0 amide bonds. The van der Waals surface area contributed by atoms with Crippen LogP contribution in [0.15, 0.2) is 23.4 Å². The van der Waals surface area contributed by atoms with Gasteiger partial charge in [0.2, 0.25) is 0 Å². The first kappa shape index (κ1) is 50.8. The van der Waals surface area contributed by atoms with Crippen LogP contribution in [0.4, 0.5) is 0 Å². The Labute approximate surface area is 252 Å². The first-order chi connectivity index (χ1) is 16.7. The van der Waals surface area contributed by atoms with Crippen molar-refractivity contribution in [3.8, 4) is 0 Å². The predicted molar refractivity (Wildman–Crippen MR) is 146 cm³/mol. The summed E-state index contributed by atoms with van der Waals surface area (Å²) in [5.41, 5.74) is 2.61. The fraction of sp³-hybridized carbons (Fsp3) is 0.846. The van der Waals surface area contributed by atoms with Gasteiger partial charge in [0.25, 0.3) is 0 Å². The van der Waals surface area contributed by atoms with Crippen molar-refractivity contribution < 1.29 is 75.0 Å². The van der Waals surface area contributed by atoms with Crippen molar-refractivity contribution in [2.45, 2.75) is 113 Å². The van der Waals surface area contributed by atoms with Crippen LogP contribution < -0.4 is 0 Å². The maximum atomic E-state index is 7.92. The van der Waals surface area contributed by atoms with Gasteiger partial charge in [0.05, 0.1) is 0 Å². The van der Waals surface area contributed by atoms with Gasteiger partial charge in [-0.2, -0.15) is 6.20 Å². The third-order valence-electron chi connectivity index (χ3n) is 4.26. The van der Waals surface area contributed by atoms with E-state index < -0.39 is 25.2 Å². The maximum Gasteiger partial charge on any atom is 1.00 e. The Hall–Kier alpha value is -0.0410. The maximum absolute atomic E-state index is 7.92. The Balaban J connectivity index is -0.0000000815. The molecule has 2 atom stereocenters. The topological polar surface area (TPSA) is 190 Å². The van der Waals surface area contributed by atoms with Gasteiger partial charge in [-0.1, -0.05) is 77.0 Å². The molecule has 240 valence electrons. The molecule has 0 aromatic rings. The van der Waals surface area contributed by atoms with Crippen LogP contribution in [-0.4, -0.2) is 85.6 Å². The second kappa shape index (κ2) is 37.0. The average Bonchev–Trinajstić information content (AvgIpc) is 2.80. The molecule has 38 heavy (non-hydrogen) atoms. The van der Waals surface area contributed by atoms with Crippen LogP contribution in [0, 0.1) is 11.8 Å². The van der Waals surface area contributed by atoms with Crippen LogP contribution in [-0.2, 0) is 34.1 Å². The Morgan fingerprint density at radius 3 is 1.11 bits per heavy atom. The van der Waals surface area contributed by atoms with Crippen LogP contribution in [0.1, 0.15) is 87.5 Å². The summed E-state index contributed by atoms with van der Waals surface area (Å²) in [4.78, 5) is 0. The number of rotatable bonds is 4. The third kappa shape index (κ3) is 56.2. The van der Waals surface area contributed by atoms with Gasteiger partial charge in [0.15, 0.2) is 25.2 Å². The molecule has 1 saturated heterocycles. The summed E-state index contributed by atoms with van der Waals surface area (Å²) >= 11 is 0. The van der Waals surface area contributed by atoms with E-state index in [4.69, 9.17) is 40.9 Å². The van der Waals surface area contributed by atoms with E-state index in [9.17, 15) is 0 Å². The number of allylic oxidation sites excluding steroid dienone is 2. The molecule has 0 aromatic carbocycles. The van der Waals surface area contributed by atoms with Gasteiger partial charge in [0, 0.05) is 0 Å². The number of hydrogen-bond acceptors (Lipinski definition) is 8. The van der Waals surface area contributed by atoms with E-state index in [1.54, 1.807) is 27.7 Å². The minimum atomic E-state index is -1.12. The first-order valence-electron chi connectivity index (χ1n) is 12.7. The van der Waals surface area contributed by atoms with Crippen LogP contribution in [0.2, 0.25) is 0 Å². The number of aliphatic hydroxyl groups is 8. The molecule has 0 radical (unpaired) electrons. The largest absolute Gasteiger partial charge is 1.00 e. The van der Waals surface area contributed by atoms with E-state index in [0.29, 0.717) is 25.7 Å². The van der Waals surface area contributed by atoms with Crippen molar-refractivity contribution in [1.29, 1.82) is 0 Å². The Bertz CT molecular complexity index is 470. The molecule has 2 aliphatic rings. The summed E-state index contributed by atoms with van der Waals surface area (Å²) in [5, 5.41) is 71.8. The van der Waals surface area contributed by atoms with E-state index >= 15 is 0 Å². The molecule has 2 rings (SSSR count). The van der Waals surface area contributed by atoms with E-state index in [-0.39, 0.29) is 34.1 Å². The minimum absolute atomic E-state index is 0. The van der Waals surface area contributed by atoms with Crippen LogP contribution in [0.5, 0.6) is 0 Å². The van der Waals surface area contributed by atoms with Gasteiger partial charge in [-0.25, -0.2) is 0 Å². The SMILES string of the molecule is CC1=C[N-]CC(C)=C1.CC1C[N-]CC(C)C1.CCC(O)O.CCC(O)O.CCC(O)O.CCC(O)O.[Cu+].[Cu+]. The van der Waals surface area contributed by atoms with Crippen LogP contribution in [0.3, 0.4) is 0 Å². The van der Waals surface area contributed by atoms with Gasteiger partial charge < -0.3 is 51.5 Å². The quantitative estimate of drug-likeness (QED) is 0.168. The fourth-order valence-corrected chi connectivity index (χ4v) is 2.16. The monoisotopic (exact) mass is 650 g/mol. The second-order valence-electron chi connectivity index (χ2n) is 8.79. The zero-order valence-corrected chi connectivity index (χ0v) is 26.2. The zero-order chi connectivity index (χ0) is 29.1. The molecule has 0 saturated carbocycles. The fourth-order valence-electron chi connectivity index (χ4n) is 2.16. The van der Waals surface area contributed by atoms with Gasteiger partial charge in [-0.3, -0.25) is 0 Å². The van der Waals surface area contributed by atoms with Gasteiger partial charge in [-0.05, 0) is 39.5 Å². The minimum Gasteiger partial charge on any atom is -0.687 e. The van der Waals surface area contributed by atoms with Gasteiger partial charge in [0.1, 0.15) is 0 Å². The number of nitrogens with zero attached hydrogens (tertiary/aromatic N) is 2. The molecule has 2 aliphatic heterocycles. The second-order valence-corrected chi connectivity index (χ2v) is 8.79. The van der Waals surface area contributed by atoms with Crippen molar-refractivity contribution in [2.24, 2.45) is 11.8 Å². The van der Waals surface area contributed by atoms with Crippen molar-refractivity contribution in [1.82, 2.24) is 0 Å². The van der Waals surface area contributed by atoms with Crippen molar-refractivity contribution in [3.05, 3.63) is 34.1 Å². The molecule has 0 bridgehead atoms. The number of hydrogen-bond donors (Lipinski definition) is 8. The first-order valence-corrected chi connectivity index (χ1v) is 12.7. The van der Waals surface area contributed by atoms with E-state index in [1.807, 2.05) is 6.20 Å². The van der Waals surface area contributed by atoms with E-state index in [2.05, 4.69) is 44.4 Å². The molecule has 0 aliphatic carbocycles. The van der Waals surface area contributed by atoms with Crippen molar-refractivity contribution in [2.75, 3.05) is 19.6 Å². The normalized spacial score (nSPS) is 17.4. The van der Waals surface area contributed by atoms with Crippen LogP contribution in [0.25, 0.3) is 10.6 Å². The molecule has 0 spiro atoms. The van der Waals surface area contributed by atoms with Crippen molar-refractivity contribution >= 4 is 0 Å². The van der Waals surface area contributed by atoms with Crippen LogP contribution >= 0.6 is 0 Å². The molecular weight excluding hydrogens is 595 g/mol. The number of piperidine rings is 1. The summed E-state index contributed by atoms with van der Waals surface area (Å²) < 4.78 is 0. The Morgan fingerprint density at radius 2 is 0.974 bits per heavy atom. The third-order valence-corrected chi connectivity index (χ3v) is 4.26. The van der Waals surface area contributed by atoms with E-state index in [0.717, 1.165) is 31.5 Å². The Kier molecular flexibility index (Phi) is 49.4. The van der Waals surface area contributed by atoms with Gasteiger partial charge >= 0.3 is 34.1 Å². The molecule has 10 nitrogen and oxygen atoms in total. The molecule has 0 aromatic heterocycles. The summed E-state index contributed by atoms with van der Waals surface area (Å²) in [7, 11) is 0. The number of aliphatic hydroxyl groups excluding tert-OH is 4. The summed E-state index contributed by atoms with van der Waals surface area (Å²) in [6.07, 6.45) is 2.65. The molecule has 2 heterocycles. The molecular formula is C26H56Cu2N2O8. The molecule has 12 heteroatoms. The summed E-state index contributed by atoms with van der Waals surface area (Å²) in [5.74, 6) is 1.69.